The minimum atomic E-state index is 0.0826. The Labute approximate surface area is 103 Å². The van der Waals surface area contributed by atoms with Crippen LogP contribution in [-0.2, 0) is 6.54 Å². The molecule has 0 saturated heterocycles. The van der Waals surface area contributed by atoms with Crippen molar-refractivity contribution in [3.8, 4) is 0 Å². The number of hydrogen-bond donors (Lipinski definition) is 3. The van der Waals surface area contributed by atoms with E-state index in [-0.39, 0.29) is 11.9 Å². The van der Waals surface area contributed by atoms with Gasteiger partial charge in [-0.15, -0.1) is 0 Å². The molecule has 0 fully saturated rings. The number of hydrogen-bond acceptors (Lipinski definition) is 6. The molecular formula is C10H11ClN6. The normalized spacial score (nSPS) is 10.2. The molecule has 0 amide bonds. The van der Waals surface area contributed by atoms with E-state index in [2.05, 4.69) is 20.3 Å². The van der Waals surface area contributed by atoms with Crippen molar-refractivity contribution < 1.29 is 0 Å². The largest absolute Gasteiger partial charge is 0.368 e. The fourth-order valence-corrected chi connectivity index (χ4v) is 1.51. The summed E-state index contributed by atoms with van der Waals surface area (Å²) in [5, 5.41) is 3.65. The third-order valence-electron chi connectivity index (χ3n) is 2.06. The predicted octanol–water partition coefficient (Wildman–Crippen LogP) is 1.30. The first-order valence-electron chi connectivity index (χ1n) is 4.89. The second kappa shape index (κ2) is 4.84. The van der Waals surface area contributed by atoms with Gasteiger partial charge in [-0.1, -0.05) is 29.8 Å². The third kappa shape index (κ3) is 2.94. The predicted molar refractivity (Wildman–Crippen MR) is 67.4 cm³/mol. The molecule has 1 heterocycles. The molecule has 0 aliphatic heterocycles. The third-order valence-corrected chi connectivity index (χ3v) is 2.43. The van der Waals surface area contributed by atoms with Crippen molar-refractivity contribution in [1.29, 1.82) is 0 Å². The van der Waals surface area contributed by atoms with Crippen LogP contribution in [0, 0.1) is 0 Å². The second-order valence-electron chi connectivity index (χ2n) is 3.32. The molecule has 5 N–H and O–H groups in total. The van der Waals surface area contributed by atoms with Gasteiger partial charge in [0, 0.05) is 11.6 Å². The lowest BCUT2D eigenvalue weighted by atomic mass is 10.2. The van der Waals surface area contributed by atoms with Crippen LogP contribution in [0.2, 0.25) is 5.02 Å². The van der Waals surface area contributed by atoms with Crippen LogP contribution in [0.3, 0.4) is 0 Å². The number of nitrogens with one attached hydrogen (secondary N) is 1. The van der Waals surface area contributed by atoms with E-state index in [9.17, 15) is 0 Å². The summed E-state index contributed by atoms with van der Waals surface area (Å²) in [6.07, 6.45) is 0. The van der Waals surface area contributed by atoms with Crippen molar-refractivity contribution in [2.24, 2.45) is 0 Å². The lowest BCUT2D eigenvalue weighted by Gasteiger charge is -2.06. The summed E-state index contributed by atoms with van der Waals surface area (Å²) in [5.74, 6) is 0.494. The van der Waals surface area contributed by atoms with E-state index >= 15 is 0 Å². The molecule has 1 aromatic carbocycles. The van der Waals surface area contributed by atoms with Crippen LogP contribution in [0.5, 0.6) is 0 Å². The highest BCUT2D eigenvalue weighted by atomic mass is 35.5. The van der Waals surface area contributed by atoms with Crippen molar-refractivity contribution in [2.45, 2.75) is 6.54 Å². The zero-order chi connectivity index (χ0) is 12.3. The lowest BCUT2D eigenvalue weighted by molar-refractivity contribution is 1.02. The number of benzene rings is 1. The molecule has 17 heavy (non-hydrogen) atoms. The molecule has 0 saturated carbocycles. The van der Waals surface area contributed by atoms with Crippen LogP contribution < -0.4 is 16.8 Å². The maximum absolute atomic E-state index is 6.01. The van der Waals surface area contributed by atoms with Gasteiger partial charge >= 0.3 is 0 Å². The van der Waals surface area contributed by atoms with Gasteiger partial charge in [-0.2, -0.15) is 15.0 Å². The topological polar surface area (TPSA) is 103 Å². The van der Waals surface area contributed by atoms with E-state index in [0.29, 0.717) is 17.5 Å². The molecule has 2 aromatic rings. The summed E-state index contributed by atoms with van der Waals surface area (Å²) in [6.45, 7) is 0.489. The van der Waals surface area contributed by atoms with Gasteiger partial charge in [-0.25, -0.2) is 0 Å². The van der Waals surface area contributed by atoms with Crippen LogP contribution in [-0.4, -0.2) is 15.0 Å². The van der Waals surface area contributed by atoms with Crippen LogP contribution in [0.15, 0.2) is 24.3 Å². The molecule has 0 atom stereocenters. The molecule has 1 aromatic heterocycles. The van der Waals surface area contributed by atoms with Gasteiger partial charge in [0.1, 0.15) is 0 Å². The van der Waals surface area contributed by atoms with Crippen molar-refractivity contribution >= 4 is 29.4 Å². The van der Waals surface area contributed by atoms with Gasteiger partial charge in [0.25, 0.3) is 0 Å². The molecule has 2 rings (SSSR count). The summed E-state index contributed by atoms with van der Waals surface area (Å²) >= 11 is 6.01. The highest BCUT2D eigenvalue weighted by molar-refractivity contribution is 6.31. The molecule has 0 spiro atoms. The Bertz CT molecular complexity index is 510. The fraction of sp³-hybridized carbons (Fsp3) is 0.100. The number of nitrogens with two attached hydrogens (primary N) is 2. The van der Waals surface area contributed by atoms with Gasteiger partial charge in [0.2, 0.25) is 17.8 Å². The minimum absolute atomic E-state index is 0.0826. The lowest BCUT2D eigenvalue weighted by Crippen LogP contribution is -2.09. The monoisotopic (exact) mass is 250 g/mol. The Morgan fingerprint density at radius 1 is 1.06 bits per heavy atom. The molecule has 7 heteroatoms. The maximum Gasteiger partial charge on any atom is 0.229 e. The average Bonchev–Trinajstić information content (AvgIpc) is 2.27. The Kier molecular flexibility index (Phi) is 3.24. The Morgan fingerprint density at radius 3 is 2.35 bits per heavy atom. The molecule has 0 bridgehead atoms. The van der Waals surface area contributed by atoms with E-state index < -0.39 is 0 Å². The van der Waals surface area contributed by atoms with Gasteiger partial charge in [-0.05, 0) is 11.6 Å². The first-order valence-corrected chi connectivity index (χ1v) is 5.27. The zero-order valence-electron chi connectivity index (χ0n) is 8.89. The van der Waals surface area contributed by atoms with E-state index in [0.717, 1.165) is 5.56 Å². The first kappa shape index (κ1) is 11.4. The highest BCUT2D eigenvalue weighted by Gasteiger charge is 2.03. The number of halogens is 1. The Hall–Kier alpha value is -2.08. The molecule has 0 aliphatic rings. The smallest absolute Gasteiger partial charge is 0.229 e. The quantitative estimate of drug-likeness (QED) is 0.759. The summed E-state index contributed by atoms with van der Waals surface area (Å²) in [4.78, 5) is 11.5. The van der Waals surface area contributed by atoms with E-state index in [4.69, 9.17) is 23.1 Å². The van der Waals surface area contributed by atoms with Crippen LogP contribution in [0.25, 0.3) is 0 Å². The summed E-state index contributed by atoms with van der Waals surface area (Å²) in [7, 11) is 0. The fourth-order valence-electron chi connectivity index (χ4n) is 1.30. The van der Waals surface area contributed by atoms with Crippen molar-refractivity contribution in [3.05, 3.63) is 34.9 Å². The molecule has 0 radical (unpaired) electrons. The number of anilines is 3. The van der Waals surface area contributed by atoms with Crippen molar-refractivity contribution in [3.63, 3.8) is 0 Å². The number of nitrogens with zero attached hydrogens (tertiary/aromatic N) is 3. The number of nitrogen functional groups attached to an aromatic ring is 2. The molecule has 88 valence electrons. The van der Waals surface area contributed by atoms with E-state index in [1.54, 1.807) is 0 Å². The molecular weight excluding hydrogens is 240 g/mol. The Morgan fingerprint density at radius 2 is 1.71 bits per heavy atom. The average molecular weight is 251 g/mol. The second-order valence-corrected chi connectivity index (χ2v) is 3.73. The summed E-state index contributed by atoms with van der Waals surface area (Å²) < 4.78 is 0. The van der Waals surface area contributed by atoms with Gasteiger partial charge < -0.3 is 16.8 Å². The number of rotatable bonds is 3. The first-order chi connectivity index (χ1) is 8.15. The van der Waals surface area contributed by atoms with Gasteiger partial charge in [-0.3, -0.25) is 0 Å². The van der Waals surface area contributed by atoms with Gasteiger partial charge in [0.15, 0.2) is 0 Å². The SMILES string of the molecule is Nc1nc(N)nc(NCc2ccccc2Cl)n1. The van der Waals surface area contributed by atoms with E-state index in [1.807, 2.05) is 24.3 Å². The zero-order valence-corrected chi connectivity index (χ0v) is 9.65. The molecule has 0 unspecified atom stereocenters. The van der Waals surface area contributed by atoms with E-state index in [1.165, 1.54) is 0 Å². The summed E-state index contributed by atoms with van der Waals surface area (Å²) in [6, 6.07) is 7.49. The van der Waals surface area contributed by atoms with Crippen LogP contribution in [0.1, 0.15) is 5.56 Å². The van der Waals surface area contributed by atoms with Gasteiger partial charge in [0.05, 0.1) is 0 Å². The summed E-state index contributed by atoms with van der Waals surface area (Å²) in [5.41, 5.74) is 11.8. The van der Waals surface area contributed by atoms with Crippen molar-refractivity contribution in [1.82, 2.24) is 15.0 Å². The van der Waals surface area contributed by atoms with Crippen LogP contribution in [0.4, 0.5) is 17.8 Å². The maximum atomic E-state index is 6.01. The highest BCUT2D eigenvalue weighted by Crippen LogP contribution is 2.16. The number of aromatic nitrogens is 3. The molecule has 0 aliphatic carbocycles. The standard InChI is InChI=1S/C10H11ClN6/c11-7-4-2-1-3-6(7)5-14-10-16-8(12)15-9(13)17-10/h1-4H,5H2,(H5,12,13,14,15,16,17). The Balaban J connectivity index is 2.10. The van der Waals surface area contributed by atoms with Crippen molar-refractivity contribution in [2.75, 3.05) is 16.8 Å². The molecule has 6 nitrogen and oxygen atoms in total. The van der Waals surface area contributed by atoms with Crippen LogP contribution >= 0.6 is 11.6 Å². The minimum Gasteiger partial charge on any atom is -0.368 e.